The maximum atomic E-state index is 13.1. The molecule has 2 aromatic rings. The molecule has 0 fully saturated rings. The summed E-state index contributed by atoms with van der Waals surface area (Å²) in [6, 6.07) is 1.43. The number of aldehydes is 1. The number of carbonyl (C=O) groups excluding carboxylic acids is 1. The molecule has 0 radical (unpaired) electrons. The molecule has 1 aromatic carbocycles. The van der Waals surface area contributed by atoms with Gasteiger partial charge in [-0.05, 0) is 6.07 Å². The molecule has 0 unspecified atom stereocenters. The van der Waals surface area contributed by atoms with Crippen LogP contribution in [-0.4, -0.2) is 6.29 Å². The van der Waals surface area contributed by atoms with E-state index < -0.39 is 17.1 Å². The van der Waals surface area contributed by atoms with Crippen molar-refractivity contribution in [1.82, 2.24) is 0 Å². The van der Waals surface area contributed by atoms with Gasteiger partial charge in [0.15, 0.2) is 17.7 Å². The fourth-order valence-electron chi connectivity index (χ4n) is 1.26. The minimum absolute atomic E-state index is 0.271. The van der Waals surface area contributed by atoms with Gasteiger partial charge in [-0.1, -0.05) is 0 Å². The fraction of sp³-hybridized carbons (Fsp3) is 0. The van der Waals surface area contributed by atoms with Crippen LogP contribution in [0.5, 0.6) is 0 Å². The Labute approximate surface area is 81.9 Å². The highest BCUT2D eigenvalue weighted by molar-refractivity contribution is 5.84. The first-order valence-electron chi connectivity index (χ1n) is 3.99. The largest absolute Gasteiger partial charge is 0.460 e. The molecule has 0 saturated heterocycles. The van der Waals surface area contributed by atoms with Gasteiger partial charge in [-0.2, -0.15) is 0 Å². The van der Waals surface area contributed by atoms with Gasteiger partial charge in [0.05, 0.1) is 10.9 Å². The van der Waals surface area contributed by atoms with Crippen molar-refractivity contribution >= 4 is 17.3 Å². The third kappa shape index (κ3) is 1.41. The Kier molecular flexibility index (Phi) is 2.07. The summed E-state index contributed by atoms with van der Waals surface area (Å²) < 4.78 is 30.6. The van der Waals surface area contributed by atoms with Crippen LogP contribution in [0.25, 0.3) is 11.0 Å². The van der Waals surface area contributed by atoms with Gasteiger partial charge in [0.2, 0.25) is 5.43 Å². The summed E-state index contributed by atoms with van der Waals surface area (Å²) in [7, 11) is 0. The molecular formula is C10H4F2O3. The molecule has 5 heteroatoms. The topological polar surface area (TPSA) is 47.3 Å². The molecule has 0 bridgehead atoms. The van der Waals surface area contributed by atoms with Crippen molar-refractivity contribution in [2.75, 3.05) is 0 Å². The zero-order valence-electron chi connectivity index (χ0n) is 7.29. The maximum absolute atomic E-state index is 13.1. The van der Waals surface area contributed by atoms with Crippen LogP contribution < -0.4 is 5.43 Å². The van der Waals surface area contributed by atoms with E-state index in [1.807, 2.05) is 0 Å². The molecular weight excluding hydrogens is 206 g/mol. The van der Waals surface area contributed by atoms with Gasteiger partial charge in [0.1, 0.15) is 12.1 Å². The number of hydrogen-bond acceptors (Lipinski definition) is 3. The molecule has 0 aliphatic heterocycles. The van der Waals surface area contributed by atoms with E-state index in [0.29, 0.717) is 6.07 Å². The van der Waals surface area contributed by atoms with Crippen LogP contribution in [-0.2, 0) is 0 Å². The van der Waals surface area contributed by atoms with Crippen molar-refractivity contribution in [3.63, 3.8) is 0 Å². The lowest BCUT2D eigenvalue weighted by Crippen LogP contribution is -2.08. The van der Waals surface area contributed by atoms with Crippen LogP contribution in [0.4, 0.5) is 8.78 Å². The van der Waals surface area contributed by atoms with E-state index in [-0.39, 0.29) is 22.8 Å². The van der Waals surface area contributed by atoms with Gasteiger partial charge in [-0.3, -0.25) is 9.59 Å². The lowest BCUT2D eigenvalue weighted by molar-refractivity contribution is 0.112. The van der Waals surface area contributed by atoms with Gasteiger partial charge in [0, 0.05) is 6.07 Å². The minimum atomic E-state index is -0.973. The quantitative estimate of drug-likeness (QED) is 0.675. The van der Waals surface area contributed by atoms with Gasteiger partial charge in [0.25, 0.3) is 0 Å². The zero-order valence-corrected chi connectivity index (χ0v) is 7.29. The van der Waals surface area contributed by atoms with Crippen LogP contribution in [0.2, 0.25) is 0 Å². The van der Waals surface area contributed by atoms with Gasteiger partial charge >= 0.3 is 0 Å². The Bertz CT molecular complexity index is 601. The number of rotatable bonds is 1. The Morgan fingerprint density at radius 2 is 2.00 bits per heavy atom. The molecule has 0 amide bonds. The van der Waals surface area contributed by atoms with Gasteiger partial charge in [-0.25, -0.2) is 8.78 Å². The summed E-state index contributed by atoms with van der Waals surface area (Å²) >= 11 is 0. The highest BCUT2D eigenvalue weighted by atomic mass is 19.1. The van der Waals surface area contributed by atoms with Crippen LogP contribution in [0.3, 0.4) is 0 Å². The molecule has 3 nitrogen and oxygen atoms in total. The predicted molar refractivity (Wildman–Crippen MR) is 47.8 cm³/mol. The summed E-state index contributed by atoms with van der Waals surface area (Å²) in [5.74, 6) is -1.87. The van der Waals surface area contributed by atoms with Crippen molar-refractivity contribution in [2.24, 2.45) is 0 Å². The molecule has 1 heterocycles. The first-order valence-corrected chi connectivity index (χ1v) is 3.99. The average molecular weight is 210 g/mol. The van der Waals surface area contributed by atoms with Crippen LogP contribution >= 0.6 is 0 Å². The smallest absolute Gasteiger partial charge is 0.203 e. The van der Waals surface area contributed by atoms with Crippen LogP contribution in [0, 0.1) is 11.6 Å². The van der Waals surface area contributed by atoms with E-state index in [4.69, 9.17) is 4.42 Å². The number of fused-ring (bicyclic) bond motifs is 1. The standard InChI is InChI=1S/C10H4F2O3/c11-6-1-7-9(14)5(3-13)4-15-10(7)8(12)2-6/h1-4H. The average Bonchev–Trinajstić information content (AvgIpc) is 2.19. The lowest BCUT2D eigenvalue weighted by atomic mass is 10.2. The second-order valence-corrected chi connectivity index (χ2v) is 2.90. The molecule has 76 valence electrons. The predicted octanol–water partition coefficient (Wildman–Crippen LogP) is 1.88. The summed E-state index contributed by atoms with van der Waals surface area (Å²) in [6.45, 7) is 0. The number of halogens is 2. The van der Waals surface area contributed by atoms with Crippen molar-refractivity contribution < 1.29 is 18.0 Å². The normalized spacial score (nSPS) is 10.5. The third-order valence-corrected chi connectivity index (χ3v) is 1.95. The summed E-state index contributed by atoms with van der Waals surface area (Å²) in [5.41, 5.74) is -1.37. The molecule has 0 N–H and O–H groups in total. The van der Waals surface area contributed by atoms with E-state index in [1.165, 1.54) is 0 Å². The Morgan fingerprint density at radius 1 is 1.27 bits per heavy atom. The summed E-state index contributed by atoms with van der Waals surface area (Å²) in [5, 5.41) is -0.280. The van der Waals surface area contributed by atoms with E-state index in [0.717, 1.165) is 12.3 Å². The molecule has 0 aliphatic rings. The highest BCUT2D eigenvalue weighted by Crippen LogP contribution is 2.16. The van der Waals surface area contributed by atoms with Gasteiger partial charge < -0.3 is 4.42 Å². The molecule has 0 saturated carbocycles. The Morgan fingerprint density at radius 3 is 2.67 bits per heavy atom. The minimum Gasteiger partial charge on any atom is -0.460 e. The Hall–Kier alpha value is -2.04. The monoisotopic (exact) mass is 210 g/mol. The summed E-state index contributed by atoms with van der Waals surface area (Å²) in [4.78, 5) is 21.8. The van der Waals surface area contributed by atoms with Crippen LogP contribution in [0.15, 0.2) is 27.6 Å². The van der Waals surface area contributed by atoms with E-state index in [9.17, 15) is 18.4 Å². The third-order valence-electron chi connectivity index (χ3n) is 1.95. The van der Waals surface area contributed by atoms with Crippen molar-refractivity contribution in [2.45, 2.75) is 0 Å². The first kappa shape index (κ1) is 9.51. The first-order chi connectivity index (χ1) is 7.13. The summed E-state index contributed by atoms with van der Waals surface area (Å²) in [6.07, 6.45) is 1.12. The molecule has 2 rings (SSSR count). The second-order valence-electron chi connectivity index (χ2n) is 2.90. The second kappa shape index (κ2) is 3.27. The van der Waals surface area contributed by atoms with Crippen molar-refractivity contribution in [3.8, 4) is 0 Å². The SMILES string of the molecule is O=Cc1coc2c(F)cc(F)cc2c1=O. The fourth-order valence-corrected chi connectivity index (χ4v) is 1.26. The van der Waals surface area contributed by atoms with Gasteiger partial charge in [-0.15, -0.1) is 0 Å². The van der Waals surface area contributed by atoms with E-state index in [1.54, 1.807) is 0 Å². The number of benzene rings is 1. The maximum Gasteiger partial charge on any atom is 0.203 e. The van der Waals surface area contributed by atoms with E-state index in [2.05, 4.69) is 0 Å². The molecule has 0 atom stereocenters. The number of hydrogen-bond donors (Lipinski definition) is 0. The number of carbonyl (C=O) groups is 1. The molecule has 15 heavy (non-hydrogen) atoms. The molecule has 1 aromatic heterocycles. The lowest BCUT2D eigenvalue weighted by Gasteiger charge is -1.98. The van der Waals surface area contributed by atoms with Crippen LogP contribution in [0.1, 0.15) is 10.4 Å². The van der Waals surface area contributed by atoms with Crippen molar-refractivity contribution in [3.05, 3.63) is 45.8 Å². The Balaban J connectivity index is 2.99. The van der Waals surface area contributed by atoms with Crippen molar-refractivity contribution in [1.29, 1.82) is 0 Å². The highest BCUT2D eigenvalue weighted by Gasteiger charge is 2.11. The zero-order chi connectivity index (χ0) is 11.0. The van der Waals surface area contributed by atoms with E-state index >= 15 is 0 Å². The molecule has 0 spiro atoms. The molecule has 0 aliphatic carbocycles.